The molecule has 1 aromatic heterocycles. The van der Waals surface area contributed by atoms with Crippen LogP contribution in [0.4, 0.5) is 0 Å². The minimum absolute atomic E-state index is 0.732. The number of benzene rings is 1. The molecule has 146 valence electrons. The predicted molar refractivity (Wildman–Crippen MR) is 114 cm³/mol. The highest BCUT2D eigenvalue weighted by molar-refractivity contribution is 5.60. The van der Waals surface area contributed by atoms with Gasteiger partial charge in [-0.1, -0.05) is 58.4 Å². The number of unbranched alkanes of at least 4 members (excludes halogenated alkanes) is 1. The number of aryl methyl sites for hydroxylation is 1. The van der Waals surface area contributed by atoms with E-state index in [2.05, 4.69) is 55.2 Å². The molecule has 0 bridgehead atoms. The standard InChI is InChI=1S/C25H35NO/c1-3-5-7-20-8-10-22(11-9-20)19-27-24-15-13-23(14-16-24)25-17-12-21(6-4-2)18-26-25/h12-18,20,22H,3-11,19H2,1-2H3. The fraction of sp³-hybridized carbons (Fsp3) is 0.560. The van der Waals surface area contributed by atoms with Crippen molar-refractivity contribution in [1.82, 2.24) is 4.98 Å². The van der Waals surface area contributed by atoms with Gasteiger partial charge in [-0.15, -0.1) is 0 Å². The second-order valence-corrected chi connectivity index (χ2v) is 8.17. The number of aromatic nitrogens is 1. The Morgan fingerprint density at radius 3 is 2.26 bits per heavy atom. The summed E-state index contributed by atoms with van der Waals surface area (Å²) < 4.78 is 6.08. The molecule has 0 unspecified atom stereocenters. The van der Waals surface area contributed by atoms with Crippen molar-refractivity contribution in [3.63, 3.8) is 0 Å². The third-order valence-corrected chi connectivity index (χ3v) is 5.93. The van der Waals surface area contributed by atoms with Gasteiger partial charge in [-0.3, -0.25) is 4.98 Å². The highest BCUT2D eigenvalue weighted by Crippen LogP contribution is 2.32. The summed E-state index contributed by atoms with van der Waals surface area (Å²) in [4.78, 5) is 4.60. The highest BCUT2D eigenvalue weighted by atomic mass is 16.5. The van der Waals surface area contributed by atoms with Crippen LogP contribution in [0.2, 0.25) is 0 Å². The lowest BCUT2D eigenvalue weighted by atomic mass is 9.80. The van der Waals surface area contributed by atoms with Gasteiger partial charge in [0.15, 0.2) is 0 Å². The molecule has 2 heteroatoms. The molecule has 1 aliphatic rings. The highest BCUT2D eigenvalue weighted by Gasteiger charge is 2.21. The maximum atomic E-state index is 6.08. The number of pyridine rings is 1. The molecule has 0 atom stereocenters. The Morgan fingerprint density at radius 1 is 0.889 bits per heavy atom. The van der Waals surface area contributed by atoms with E-state index in [1.165, 1.54) is 50.5 Å². The molecule has 1 heterocycles. The molecule has 27 heavy (non-hydrogen) atoms. The zero-order valence-electron chi connectivity index (χ0n) is 17.1. The molecular formula is C25H35NO. The number of rotatable bonds is 9. The molecule has 2 aromatic rings. The molecule has 1 saturated carbocycles. The first kappa shape index (κ1) is 19.9. The third-order valence-electron chi connectivity index (χ3n) is 5.93. The van der Waals surface area contributed by atoms with Gasteiger partial charge in [-0.05, 0) is 67.0 Å². The normalized spacial score (nSPS) is 19.8. The van der Waals surface area contributed by atoms with Crippen LogP contribution in [0, 0.1) is 11.8 Å². The summed E-state index contributed by atoms with van der Waals surface area (Å²) in [7, 11) is 0. The summed E-state index contributed by atoms with van der Waals surface area (Å²) in [5, 5.41) is 0. The van der Waals surface area contributed by atoms with Crippen LogP contribution in [-0.2, 0) is 6.42 Å². The monoisotopic (exact) mass is 365 g/mol. The summed E-state index contributed by atoms with van der Waals surface area (Å²) in [6.07, 6.45) is 13.9. The first-order valence-corrected chi connectivity index (χ1v) is 11.0. The maximum Gasteiger partial charge on any atom is 0.119 e. The molecule has 0 saturated heterocycles. The molecule has 1 aliphatic carbocycles. The van der Waals surface area contributed by atoms with Crippen LogP contribution in [0.1, 0.15) is 70.8 Å². The average Bonchev–Trinajstić information content (AvgIpc) is 2.73. The van der Waals surface area contributed by atoms with Crippen molar-refractivity contribution in [3.05, 3.63) is 48.2 Å². The SMILES string of the molecule is CCCCC1CCC(COc2ccc(-c3ccc(CCC)cn3)cc2)CC1. The van der Waals surface area contributed by atoms with E-state index in [-0.39, 0.29) is 0 Å². The van der Waals surface area contributed by atoms with Gasteiger partial charge < -0.3 is 4.74 Å². The Hall–Kier alpha value is -1.83. The first-order valence-electron chi connectivity index (χ1n) is 11.0. The Labute approximate surface area is 165 Å². The zero-order valence-corrected chi connectivity index (χ0v) is 17.1. The van der Waals surface area contributed by atoms with Crippen molar-refractivity contribution in [2.75, 3.05) is 6.61 Å². The van der Waals surface area contributed by atoms with Crippen LogP contribution < -0.4 is 4.74 Å². The van der Waals surface area contributed by atoms with Crippen molar-refractivity contribution in [1.29, 1.82) is 0 Å². The van der Waals surface area contributed by atoms with E-state index in [9.17, 15) is 0 Å². The van der Waals surface area contributed by atoms with Crippen molar-refractivity contribution in [3.8, 4) is 17.0 Å². The average molecular weight is 366 g/mol. The van der Waals surface area contributed by atoms with E-state index < -0.39 is 0 Å². The fourth-order valence-electron chi connectivity index (χ4n) is 4.15. The predicted octanol–water partition coefficient (Wildman–Crippen LogP) is 7.08. The number of hydrogen-bond acceptors (Lipinski definition) is 2. The molecule has 0 amide bonds. The van der Waals surface area contributed by atoms with Crippen LogP contribution in [0.15, 0.2) is 42.6 Å². The van der Waals surface area contributed by atoms with Gasteiger partial charge in [0.2, 0.25) is 0 Å². The van der Waals surface area contributed by atoms with Crippen molar-refractivity contribution < 1.29 is 4.74 Å². The topological polar surface area (TPSA) is 22.1 Å². The summed E-state index contributed by atoms with van der Waals surface area (Å²) in [5.41, 5.74) is 3.50. The first-order chi connectivity index (χ1) is 13.3. The number of ether oxygens (including phenoxy) is 1. The molecule has 0 N–H and O–H groups in total. The minimum Gasteiger partial charge on any atom is -0.493 e. The van der Waals surface area contributed by atoms with Gasteiger partial charge in [-0.25, -0.2) is 0 Å². The lowest BCUT2D eigenvalue weighted by Gasteiger charge is -2.28. The summed E-state index contributed by atoms with van der Waals surface area (Å²) in [6.45, 7) is 5.36. The van der Waals surface area contributed by atoms with E-state index in [1.54, 1.807) is 0 Å². The Kier molecular flexibility index (Phi) is 7.74. The molecule has 0 aliphatic heterocycles. The maximum absolute atomic E-state index is 6.08. The summed E-state index contributed by atoms with van der Waals surface area (Å²) >= 11 is 0. The second kappa shape index (κ2) is 10.5. The van der Waals surface area contributed by atoms with Crippen LogP contribution in [-0.4, -0.2) is 11.6 Å². The third kappa shape index (κ3) is 6.09. The van der Waals surface area contributed by atoms with Gasteiger partial charge in [-0.2, -0.15) is 0 Å². The molecule has 1 aromatic carbocycles. The number of nitrogens with zero attached hydrogens (tertiary/aromatic N) is 1. The van der Waals surface area contributed by atoms with Gasteiger partial charge in [0.05, 0.1) is 12.3 Å². The largest absolute Gasteiger partial charge is 0.493 e. The van der Waals surface area contributed by atoms with E-state index in [0.29, 0.717) is 0 Å². The quantitative estimate of drug-likeness (QED) is 0.474. The van der Waals surface area contributed by atoms with Crippen LogP contribution >= 0.6 is 0 Å². The summed E-state index contributed by atoms with van der Waals surface area (Å²) in [6, 6.07) is 12.7. The van der Waals surface area contributed by atoms with Gasteiger partial charge in [0.1, 0.15) is 5.75 Å². The summed E-state index contributed by atoms with van der Waals surface area (Å²) in [5.74, 6) is 2.68. The van der Waals surface area contributed by atoms with E-state index >= 15 is 0 Å². The van der Waals surface area contributed by atoms with Crippen LogP contribution in [0.25, 0.3) is 11.3 Å². The van der Waals surface area contributed by atoms with Crippen LogP contribution in [0.3, 0.4) is 0 Å². The lowest BCUT2D eigenvalue weighted by molar-refractivity contribution is 0.178. The molecular weight excluding hydrogens is 330 g/mol. The van der Waals surface area contributed by atoms with Gasteiger partial charge in [0.25, 0.3) is 0 Å². The molecule has 2 nitrogen and oxygen atoms in total. The lowest BCUT2D eigenvalue weighted by Crippen LogP contribution is -2.20. The molecule has 1 fully saturated rings. The minimum atomic E-state index is 0.732. The second-order valence-electron chi connectivity index (χ2n) is 8.17. The molecule has 3 rings (SSSR count). The van der Waals surface area contributed by atoms with E-state index in [0.717, 1.165) is 48.3 Å². The van der Waals surface area contributed by atoms with Gasteiger partial charge >= 0.3 is 0 Å². The smallest absolute Gasteiger partial charge is 0.119 e. The van der Waals surface area contributed by atoms with E-state index in [1.807, 2.05) is 6.20 Å². The zero-order chi connectivity index (χ0) is 18.9. The Morgan fingerprint density at radius 2 is 1.63 bits per heavy atom. The van der Waals surface area contributed by atoms with Crippen LogP contribution in [0.5, 0.6) is 5.75 Å². The number of hydrogen-bond donors (Lipinski definition) is 0. The van der Waals surface area contributed by atoms with Crippen molar-refractivity contribution in [2.45, 2.75) is 71.6 Å². The Balaban J connectivity index is 1.45. The molecule has 0 radical (unpaired) electrons. The molecule has 0 spiro atoms. The fourth-order valence-corrected chi connectivity index (χ4v) is 4.15. The van der Waals surface area contributed by atoms with E-state index in [4.69, 9.17) is 4.74 Å². The van der Waals surface area contributed by atoms with Crippen molar-refractivity contribution in [2.24, 2.45) is 11.8 Å². The Bertz CT molecular complexity index is 654. The van der Waals surface area contributed by atoms with Crippen molar-refractivity contribution >= 4 is 0 Å². The van der Waals surface area contributed by atoms with Gasteiger partial charge in [0, 0.05) is 11.8 Å².